The van der Waals surface area contributed by atoms with Gasteiger partial charge in [0.1, 0.15) is 17.0 Å². The van der Waals surface area contributed by atoms with Crippen LogP contribution in [0.5, 0.6) is 0 Å². The summed E-state index contributed by atoms with van der Waals surface area (Å²) in [7, 11) is 7.35. The summed E-state index contributed by atoms with van der Waals surface area (Å²) in [5.74, 6) is -1.12. The van der Waals surface area contributed by atoms with Crippen molar-refractivity contribution in [3.63, 3.8) is 0 Å². The van der Waals surface area contributed by atoms with E-state index in [1.54, 1.807) is 26.2 Å². The van der Waals surface area contributed by atoms with Crippen LogP contribution < -0.4 is 10.6 Å². The molecule has 3 heterocycles. The van der Waals surface area contributed by atoms with Gasteiger partial charge in [-0.1, -0.05) is 11.6 Å². The summed E-state index contributed by atoms with van der Waals surface area (Å²) < 4.78 is 5.84. The number of hydrogen-bond acceptors (Lipinski definition) is 7. The molecule has 1 fully saturated rings. The third-order valence-electron chi connectivity index (χ3n) is 6.40. The summed E-state index contributed by atoms with van der Waals surface area (Å²) in [6, 6.07) is 5.11. The zero-order valence-electron chi connectivity index (χ0n) is 20.7. The second-order valence-corrected chi connectivity index (χ2v) is 9.79. The lowest BCUT2D eigenvalue weighted by Gasteiger charge is -2.31. The first kappa shape index (κ1) is 25.6. The Hall–Kier alpha value is -3.50. The molecule has 0 aliphatic heterocycles. The van der Waals surface area contributed by atoms with E-state index in [-0.39, 0.29) is 46.1 Å². The monoisotopic (exact) mass is 512 g/mol. The van der Waals surface area contributed by atoms with Gasteiger partial charge >= 0.3 is 0 Å². The number of amides is 3. The number of aromatic nitrogens is 2. The molecule has 0 atom stereocenters. The Bertz CT molecular complexity index is 1280. The molecule has 3 aromatic rings. The van der Waals surface area contributed by atoms with E-state index in [1.807, 2.05) is 14.1 Å². The van der Waals surface area contributed by atoms with Gasteiger partial charge in [-0.15, -0.1) is 0 Å². The molecule has 2 N–H and O–H groups in total. The van der Waals surface area contributed by atoms with Crippen molar-refractivity contribution in [2.45, 2.75) is 31.7 Å². The topological polar surface area (TPSA) is 121 Å². The summed E-state index contributed by atoms with van der Waals surface area (Å²) in [6.07, 6.45) is 6.14. The zero-order valence-corrected chi connectivity index (χ0v) is 21.4. The van der Waals surface area contributed by atoms with Gasteiger partial charge in [0, 0.05) is 38.4 Å². The molecule has 1 aliphatic rings. The van der Waals surface area contributed by atoms with Crippen LogP contribution in [0.1, 0.15) is 46.6 Å². The minimum absolute atomic E-state index is 0.126. The maximum absolute atomic E-state index is 13.2. The van der Waals surface area contributed by atoms with Crippen LogP contribution in [0, 0.1) is 5.92 Å². The van der Waals surface area contributed by atoms with E-state index in [1.165, 1.54) is 23.4 Å². The Morgan fingerprint density at radius 3 is 2.33 bits per heavy atom. The number of furan rings is 1. The third kappa shape index (κ3) is 5.50. The first-order chi connectivity index (χ1) is 17.1. The highest BCUT2D eigenvalue weighted by Crippen LogP contribution is 2.33. The Morgan fingerprint density at radius 2 is 1.72 bits per heavy atom. The molecule has 1 saturated carbocycles. The first-order valence-corrected chi connectivity index (χ1v) is 12.1. The lowest BCUT2D eigenvalue weighted by atomic mass is 9.85. The minimum Gasteiger partial charge on any atom is -0.447 e. The van der Waals surface area contributed by atoms with Crippen molar-refractivity contribution < 1.29 is 18.8 Å². The molecule has 0 spiro atoms. The summed E-state index contributed by atoms with van der Waals surface area (Å²) in [5.41, 5.74) is 0.964. The average molecular weight is 513 g/mol. The molecule has 1 aliphatic carbocycles. The van der Waals surface area contributed by atoms with Gasteiger partial charge < -0.3 is 24.9 Å². The number of fused-ring (bicyclic) bond motifs is 1. The molecule has 190 valence electrons. The van der Waals surface area contributed by atoms with Crippen molar-refractivity contribution in [1.29, 1.82) is 0 Å². The molecular weight excluding hydrogens is 484 g/mol. The fourth-order valence-corrected chi connectivity index (χ4v) is 4.44. The minimum atomic E-state index is -0.616. The zero-order chi connectivity index (χ0) is 26.0. The molecule has 3 amide bonds. The number of pyridine rings is 2. The normalized spacial score (nSPS) is 17.7. The van der Waals surface area contributed by atoms with Crippen LogP contribution in [-0.4, -0.2) is 71.7 Å². The lowest BCUT2D eigenvalue weighted by Crippen LogP contribution is -2.35. The number of nitrogens with one attached hydrogen (secondary N) is 2. The third-order valence-corrected chi connectivity index (χ3v) is 6.63. The second-order valence-electron chi connectivity index (χ2n) is 9.35. The Kier molecular flexibility index (Phi) is 7.56. The van der Waals surface area contributed by atoms with Crippen LogP contribution in [0.2, 0.25) is 5.02 Å². The average Bonchev–Trinajstić information content (AvgIpc) is 3.22. The molecule has 3 aromatic heterocycles. The second kappa shape index (κ2) is 10.6. The van der Waals surface area contributed by atoms with Gasteiger partial charge in [0.05, 0.1) is 10.6 Å². The highest BCUT2D eigenvalue weighted by Gasteiger charge is 2.30. The Labute approximate surface area is 214 Å². The van der Waals surface area contributed by atoms with E-state index in [0.29, 0.717) is 16.6 Å². The lowest BCUT2D eigenvalue weighted by molar-refractivity contribution is -0.121. The quantitative estimate of drug-likeness (QED) is 0.514. The summed E-state index contributed by atoms with van der Waals surface area (Å²) in [5, 5.41) is 5.97. The maximum Gasteiger partial charge on any atom is 0.294 e. The van der Waals surface area contributed by atoms with Gasteiger partial charge in [0.2, 0.25) is 11.7 Å². The van der Waals surface area contributed by atoms with Crippen LogP contribution in [0.25, 0.3) is 11.1 Å². The summed E-state index contributed by atoms with van der Waals surface area (Å²) >= 11 is 5.88. The predicted molar refractivity (Wildman–Crippen MR) is 137 cm³/mol. The largest absolute Gasteiger partial charge is 0.447 e. The van der Waals surface area contributed by atoms with E-state index in [4.69, 9.17) is 16.0 Å². The number of halogens is 1. The Morgan fingerprint density at radius 1 is 1.00 bits per heavy atom. The van der Waals surface area contributed by atoms with Crippen molar-refractivity contribution in [1.82, 2.24) is 19.8 Å². The molecule has 0 bridgehead atoms. The molecular formula is C25H29ClN6O4. The van der Waals surface area contributed by atoms with E-state index in [0.717, 1.165) is 25.7 Å². The van der Waals surface area contributed by atoms with Gasteiger partial charge in [-0.05, 0) is 58.0 Å². The van der Waals surface area contributed by atoms with E-state index >= 15 is 0 Å². The smallest absolute Gasteiger partial charge is 0.294 e. The van der Waals surface area contributed by atoms with E-state index < -0.39 is 5.91 Å². The highest BCUT2D eigenvalue weighted by atomic mass is 35.5. The molecule has 0 unspecified atom stereocenters. The molecule has 10 nitrogen and oxygen atoms in total. The first-order valence-electron chi connectivity index (χ1n) is 11.7. The van der Waals surface area contributed by atoms with Crippen molar-refractivity contribution in [3.8, 4) is 0 Å². The number of rotatable bonds is 6. The number of nitrogens with zero attached hydrogens (tertiary/aromatic N) is 4. The fraction of sp³-hybridized carbons (Fsp3) is 0.400. The molecule has 0 radical (unpaired) electrons. The molecule has 4 rings (SSSR count). The van der Waals surface area contributed by atoms with Crippen molar-refractivity contribution in [2.24, 2.45) is 5.92 Å². The molecule has 11 heteroatoms. The Balaban J connectivity index is 1.65. The van der Waals surface area contributed by atoms with Crippen molar-refractivity contribution in [3.05, 3.63) is 46.9 Å². The van der Waals surface area contributed by atoms with Gasteiger partial charge in [-0.3, -0.25) is 14.4 Å². The van der Waals surface area contributed by atoms with Gasteiger partial charge in [-0.2, -0.15) is 0 Å². The maximum atomic E-state index is 13.2. The molecule has 0 saturated heterocycles. The number of carbonyl (C=O) groups excluding carboxylic acids is 3. The standard InChI is InChI=1S/C25H29ClN6O4/c1-31(2)17-8-5-14(6-9-17)23(33)30-21-20-18(11-15(12-28-20)25(35)32(3)4)36-22(21)24(34)29-19-10-7-16(26)13-27-19/h7,10-14,17H,5-6,8-9H2,1-4H3,(H,30,33)(H,27,29,34). The van der Waals surface area contributed by atoms with Crippen LogP contribution >= 0.6 is 11.6 Å². The van der Waals surface area contributed by atoms with Crippen LogP contribution in [0.3, 0.4) is 0 Å². The molecule has 0 aromatic carbocycles. The highest BCUT2D eigenvalue weighted by molar-refractivity contribution is 6.30. The summed E-state index contributed by atoms with van der Waals surface area (Å²) in [4.78, 5) is 50.8. The summed E-state index contributed by atoms with van der Waals surface area (Å²) in [6.45, 7) is 0. The number of carbonyl (C=O) groups is 3. The van der Waals surface area contributed by atoms with Crippen LogP contribution in [-0.2, 0) is 4.79 Å². The van der Waals surface area contributed by atoms with Gasteiger partial charge in [-0.25, -0.2) is 9.97 Å². The van der Waals surface area contributed by atoms with Gasteiger partial charge in [0.15, 0.2) is 5.58 Å². The van der Waals surface area contributed by atoms with Crippen LogP contribution in [0.15, 0.2) is 35.0 Å². The number of anilines is 2. The van der Waals surface area contributed by atoms with Gasteiger partial charge in [0.25, 0.3) is 11.8 Å². The fourth-order valence-electron chi connectivity index (χ4n) is 4.33. The van der Waals surface area contributed by atoms with Crippen molar-refractivity contribution >= 4 is 51.9 Å². The SMILES string of the molecule is CN(C)C(=O)c1cnc2c(NC(=O)C3CCC(N(C)C)CC3)c(C(=O)Nc3ccc(Cl)cn3)oc2c1. The molecule has 36 heavy (non-hydrogen) atoms. The van der Waals surface area contributed by atoms with Crippen LogP contribution in [0.4, 0.5) is 11.5 Å². The number of hydrogen-bond donors (Lipinski definition) is 2. The predicted octanol–water partition coefficient (Wildman–Crippen LogP) is 3.89. The van der Waals surface area contributed by atoms with Crippen molar-refractivity contribution in [2.75, 3.05) is 38.8 Å². The van der Waals surface area contributed by atoms with E-state index in [2.05, 4.69) is 25.5 Å². The van der Waals surface area contributed by atoms with E-state index in [9.17, 15) is 14.4 Å².